The fourth-order valence-electron chi connectivity index (χ4n) is 4.13. The van der Waals surface area contributed by atoms with E-state index in [4.69, 9.17) is 9.47 Å². The maximum Gasteiger partial charge on any atom is 0.343 e. The van der Waals surface area contributed by atoms with Gasteiger partial charge < -0.3 is 9.47 Å². The Kier molecular flexibility index (Phi) is 11.5. The Hall–Kier alpha value is -3.14. The molecule has 0 fully saturated rings. The molecule has 0 N–H and O–H groups in total. The lowest BCUT2D eigenvalue weighted by atomic mass is 10.0. The van der Waals surface area contributed by atoms with E-state index in [0.29, 0.717) is 12.4 Å². The van der Waals surface area contributed by atoms with Gasteiger partial charge in [0.25, 0.3) is 0 Å². The fraction of sp³-hybridized carbons (Fsp3) is 0.406. The second-order valence-corrected chi connectivity index (χ2v) is 9.33. The third-order valence-corrected chi connectivity index (χ3v) is 6.34. The molecule has 3 nitrogen and oxygen atoms in total. The average molecular weight is 491 g/mol. The molecule has 0 unspecified atom stereocenters. The number of aryl methyl sites for hydroxylation is 1. The maximum absolute atomic E-state index is 14.3. The summed E-state index contributed by atoms with van der Waals surface area (Å²) in [5.74, 6) is -0.580. The minimum Gasteiger partial charge on any atom is -0.491 e. The zero-order valence-corrected chi connectivity index (χ0v) is 21.7. The van der Waals surface area contributed by atoms with E-state index < -0.39 is 11.8 Å². The Balaban J connectivity index is 1.50. The molecule has 0 aliphatic carbocycles. The molecule has 3 rings (SSSR count). The summed E-state index contributed by atoms with van der Waals surface area (Å²) in [5.41, 5.74) is 3.69. The third-order valence-electron chi connectivity index (χ3n) is 6.34. The highest BCUT2D eigenvalue weighted by Crippen LogP contribution is 2.25. The molecule has 0 bridgehead atoms. The smallest absolute Gasteiger partial charge is 0.343 e. The summed E-state index contributed by atoms with van der Waals surface area (Å²) in [6.45, 7) is 4.81. The van der Waals surface area contributed by atoms with Crippen molar-refractivity contribution in [2.45, 2.75) is 78.1 Å². The number of unbranched alkanes of at least 4 members (excludes halogenated alkanes) is 7. The number of carbonyl (C=O) groups excluding carboxylic acids is 1. The van der Waals surface area contributed by atoms with Crippen LogP contribution in [-0.4, -0.2) is 12.6 Å². The quantitative estimate of drug-likeness (QED) is 0.121. The van der Waals surface area contributed by atoms with Crippen LogP contribution in [0.2, 0.25) is 0 Å². The minimum atomic E-state index is -0.599. The van der Waals surface area contributed by atoms with Crippen molar-refractivity contribution in [3.05, 3.63) is 83.7 Å². The molecule has 36 heavy (non-hydrogen) atoms. The second kappa shape index (κ2) is 15.1. The molecule has 3 aromatic rings. The number of halogens is 1. The first-order valence-electron chi connectivity index (χ1n) is 13.4. The van der Waals surface area contributed by atoms with E-state index in [1.807, 2.05) is 12.1 Å². The van der Waals surface area contributed by atoms with Gasteiger partial charge in [-0.2, -0.15) is 0 Å². The number of hydrogen-bond donors (Lipinski definition) is 0. The van der Waals surface area contributed by atoms with E-state index in [0.717, 1.165) is 36.8 Å². The summed E-state index contributed by atoms with van der Waals surface area (Å²) < 4.78 is 25.2. The molecular weight excluding hydrogens is 451 g/mol. The highest BCUT2D eigenvalue weighted by molar-refractivity contribution is 5.91. The van der Waals surface area contributed by atoms with Crippen molar-refractivity contribution in [3.63, 3.8) is 0 Å². The number of ether oxygens (including phenoxy) is 2. The second-order valence-electron chi connectivity index (χ2n) is 9.33. The first-order valence-corrected chi connectivity index (χ1v) is 13.4. The summed E-state index contributed by atoms with van der Waals surface area (Å²) in [6, 6.07) is 20.2. The van der Waals surface area contributed by atoms with E-state index >= 15 is 0 Å². The van der Waals surface area contributed by atoms with Gasteiger partial charge >= 0.3 is 5.97 Å². The van der Waals surface area contributed by atoms with Gasteiger partial charge in [-0.1, -0.05) is 95.2 Å². The average Bonchev–Trinajstić information content (AvgIpc) is 2.90. The molecule has 0 amide bonds. The third kappa shape index (κ3) is 8.82. The molecule has 0 aliphatic rings. The van der Waals surface area contributed by atoms with Crippen LogP contribution in [0, 0.1) is 5.82 Å². The number of hydrogen-bond acceptors (Lipinski definition) is 3. The Labute approximate surface area is 215 Å². The van der Waals surface area contributed by atoms with Crippen LogP contribution in [-0.2, 0) is 6.42 Å². The van der Waals surface area contributed by atoms with Crippen LogP contribution in [0.5, 0.6) is 11.5 Å². The van der Waals surface area contributed by atoms with Gasteiger partial charge in [-0.3, -0.25) is 0 Å². The lowest BCUT2D eigenvalue weighted by Gasteiger charge is -2.09. The van der Waals surface area contributed by atoms with Crippen LogP contribution in [0.1, 0.15) is 87.6 Å². The van der Waals surface area contributed by atoms with Crippen LogP contribution < -0.4 is 9.47 Å². The molecule has 0 aromatic heterocycles. The van der Waals surface area contributed by atoms with Crippen molar-refractivity contribution in [1.29, 1.82) is 0 Å². The number of benzene rings is 3. The standard InChI is InChI=1S/C32H39FO3/c1-3-5-7-8-9-10-12-25-13-15-26(16-14-25)27-17-20-29(21-18-27)36-32(34)28-19-22-31(30(33)24-28)35-23-11-6-4-2/h13-22,24H,3-12,23H2,1-2H3. The van der Waals surface area contributed by atoms with E-state index in [-0.39, 0.29) is 11.3 Å². The van der Waals surface area contributed by atoms with Gasteiger partial charge in [-0.15, -0.1) is 0 Å². The topological polar surface area (TPSA) is 35.5 Å². The van der Waals surface area contributed by atoms with Crippen LogP contribution in [0.4, 0.5) is 4.39 Å². The highest BCUT2D eigenvalue weighted by atomic mass is 19.1. The van der Waals surface area contributed by atoms with Crippen LogP contribution in [0.3, 0.4) is 0 Å². The van der Waals surface area contributed by atoms with Gasteiger partial charge in [0.1, 0.15) is 5.75 Å². The van der Waals surface area contributed by atoms with E-state index in [1.165, 1.54) is 62.3 Å². The van der Waals surface area contributed by atoms with Crippen molar-refractivity contribution in [3.8, 4) is 22.6 Å². The lowest BCUT2D eigenvalue weighted by Crippen LogP contribution is -2.09. The summed E-state index contributed by atoms with van der Waals surface area (Å²) >= 11 is 0. The number of esters is 1. The molecule has 0 heterocycles. The maximum atomic E-state index is 14.3. The molecule has 0 radical (unpaired) electrons. The zero-order valence-electron chi connectivity index (χ0n) is 21.7. The first kappa shape index (κ1) is 27.4. The normalized spacial score (nSPS) is 10.9. The van der Waals surface area contributed by atoms with Gasteiger partial charge in [-0.25, -0.2) is 9.18 Å². The summed E-state index contributed by atoms with van der Waals surface area (Å²) in [6.07, 6.45) is 11.9. The van der Waals surface area contributed by atoms with Gasteiger partial charge in [0.15, 0.2) is 11.6 Å². The largest absolute Gasteiger partial charge is 0.491 e. The Morgan fingerprint density at radius 3 is 2.00 bits per heavy atom. The number of rotatable bonds is 15. The Morgan fingerprint density at radius 2 is 1.33 bits per heavy atom. The molecule has 192 valence electrons. The van der Waals surface area contributed by atoms with E-state index in [9.17, 15) is 9.18 Å². The van der Waals surface area contributed by atoms with Crippen LogP contribution in [0.15, 0.2) is 66.7 Å². The molecular formula is C32H39FO3. The molecule has 0 atom stereocenters. The summed E-state index contributed by atoms with van der Waals surface area (Å²) in [4.78, 5) is 12.5. The Bertz CT molecular complexity index is 1060. The molecule has 4 heteroatoms. The van der Waals surface area contributed by atoms with Gasteiger partial charge in [0, 0.05) is 0 Å². The van der Waals surface area contributed by atoms with Crippen molar-refractivity contribution >= 4 is 5.97 Å². The highest BCUT2D eigenvalue weighted by Gasteiger charge is 2.13. The van der Waals surface area contributed by atoms with Gasteiger partial charge in [-0.05, 0) is 66.3 Å². The zero-order chi connectivity index (χ0) is 25.6. The van der Waals surface area contributed by atoms with E-state index in [2.05, 4.69) is 38.1 Å². The van der Waals surface area contributed by atoms with Crippen LogP contribution in [0.25, 0.3) is 11.1 Å². The number of carbonyl (C=O) groups is 1. The fourth-order valence-corrected chi connectivity index (χ4v) is 4.13. The molecule has 0 saturated carbocycles. The lowest BCUT2D eigenvalue weighted by molar-refractivity contribution is 0.0734. The van der Waals surface area contributed by atoms with Gasteiger partial charge in [0.05, 0.1) is 12.2 Å². The monoisotopic (exact) mass is 490 g/mol. The summed E-state index contributed by atoms with van der Waals surface area (Å²) in [5, 5.41) is 0. The van der Waals surface area contributed by atoms with Crippen molar-refractivity contribution in [2.75, 3.05) is 6.61 Å². The molecule has 0 aliphatic heterocycles. The molecule has 3 aromatic carbocycles. The minimum absolute atomic E-state index is 0.151. The van der Waals surface area contributed by atoms with Crippen molar-refractivity contribution in [2.24, 2.45) is 0 Å². The molecule has 0 saturated heterocycles. The first-order chi connectivity index (χ1) is 17.6. The summed E-state index contributed by atoms with van der Waals surface area (Å²) in [7, 11) is 0. The van der Waals surface area contributed by atoms with Gasteiger partial charge in [0.2, 0.25) is 0 Å². The van der Waals surface area contributed by atoms with Crippen molar-refractivity contribution in [1.82, 2.24) is 0 Å². The SMILES string of the molecule is CCCCCCCCc1ccc(-c2ccc(OC(=O)c3ccc(OCCCCC)c(F)c3)cc2)cc1. The van der Waals surface area contributed by atoms with E-state index in [1.54, 1.807) is 12.1 Å². The molecule has 0 spiro atoms. The Morgan fingerprint density at radius 1 is 0.722 bits per heavy atom. The van der Waals surface area contributed by atoms with Crippen LogP contribution >= 0.6 is 0 Å². The predicted molar refractivity (Wildman–Crippen MR) is 145 cm³/mol. The van der Waals surface area contributed by atoms with Crippen molar-refractivity contribution < 1.29 is 18.7 Å². The predicted octanol–water partition coefficient (Wildman–Crippen LogP) is 9.18.